The zero-order chi connectivity index (χ0) is 21.0. The summed E-state index contributed by atoms with van der Waals surface area (Å²) < 4.78 is 31.6. The van der Waals surface area contributed by atoms with Gasteiger partial charge in [0.15, 0.2) is 0 Å². The molecule has 0 radical (unpaired) electrons. The van der Waals surface area contributed by atoms with Gasteiger partial charge in [0.2, 0.25) is 5.91 Å². The summed E-state index contributed by atoms with van der Waals surface area (Å²) in [6.07, 6.45) is 19.2. The van der Waals surface area contributed by atoms with Gasteiger partial charge in [-0.2, -0.15) is 14.8 Å². The molecule has 0 rings (SSSR count). The third-order valence-electron chi connectivity index (χ3n) is 4.37. The van der Waals surface area contributed by atoms with Crippen molar-refractivity contribution in [1.29, 1.82) is 0 Å². The van der Waals surface area contributed by atoms with Crippen molar-refractivity contribution in [3.05, 3.63) is 6.92 Å². The third kappa shape index (κ3) is 37.1. The normalized spacial score (nSPS) is 11.8. The van der Waals surface area contributed by atoms with Crippen molar-refractivity contribution >= 4 is 16.3 Å². The van der Waals surface area contributed by atoms with E-state index < -0.39 is 10.4 Å². The first-order valence-corrected chi connectivity index (χ1v) is 11.9. The molecule has 164 valence electrons. The molecule has 0 saturated carbocycles. The fraction of sp³-hybridized carbons (Fsp3) is 0.900. The van der Waals surface area contributed by atoms with Crippen molar-refractivity contribution in [3.8, 4) is 0 Å². The van der Waals surface area contributed by atoms with Gasteiger partial charge in [-0.1, -0.05) is 84.0 Å². The molecule has 28 heavy (non-hydrogen) atoms. The van der Waals surface area contributed by atoms with Gasteiger partial charge in [0, 0.05) is 13.0 Å². The molecule has 0 aliphatic carbocycles. The number of rotatable bonds is 16. The molecular weight excluding hydrogens is 389 g/mol. The van der Waals surface area contributed by atoms with Crippen molar-refractivity contribution in [2.45, 2.75) is 116 Å². The first kappa shape index (κ1) is 33.0. The molecule has 0 aliphatic heterocycles. The maximum atomic E-state index is 11.3. The number of hydrogen-bond donors (Lipinski definition) is 3. The molecule has 0 aromatic carbocycles. The molecule has 1 amide bonds. The predicted octanol–water partition coefficient (Wildman–Crippen LogP) is 2.55. The summed E-state index contributed by atoms with van der Waals surface area (Å²) in [7, 11) is -4.67. The molecule has 1 unspecified atom stereocenters. The van der Waals surface area contributed by atoms with Crippen LogP contribution in [0.1, 0.15) is 110 Å². The molecular formula is C20H42NNaO5S. The van der Waals surface area contributed by atoms with E-state index in [9.17, 15) is 4.79 Å². The van der Waals surface area contributed by atoms with Gasteiger partial charge in [-0.15, -0.1) is 0 Å². The Bertz CT molecular complexity index is 424. The van der Waals surface area contributed by atoms with Gasteiger partial charge >= 0.3 is 40.0 Å². The molecule has 0 aromatic rings. The van der Waals surface area contributed by atoms with Gasteiger partial charge in [-0.25, -0.2) is 0 Å². The van der Waals surface area contributed by atoms with E-state index in [0.29, 0.717) is 6.04 Å². The number of carbonyl (C=O) groups excluding carboxylic acids is 1. The minimum Gasteiger partial charge on any atom is -0.354 e. The van der Waals surface area contributed by atoms with Crippen LogP contribution < -0.4 is 34.9 Å². The number of unbranched alkanes of at least 4 members (excludes halogenated alkanes) is 11. The van der Waals surface area contributed by atoms with Gasteiger partial charge < -0.3 is 12.2 Å². The first-order chi connectivity index (χ1) is 12.7. The van der Waals surface area contributed by atoms with E-state index in [1.807, 2.05) is 0 Å². The van der Waals surface area contributed by atoms with Crippen molar-refractivity contribution < 1.29 is 51.9 Å². The summed E-state index contributed by atoms with van der Waals surface area (Å²) in [4.78, 5) is 11.3. The van der Waals surface area contributed by atoms with Crippen LogP contribution in [0.25, 0.3) is 0 Å². The zero-order valence-corrected chi connectivity index (χ0v) is 21.2. The van der Waals surface area contributed by atoms with Gasteiger partial charge in [0.1, 0.15) is 0 Å². The van der Waals surface area contributed by atoms with Gasteiger partial charge in [-0.05, 0) is 12.8 Å². The minimum absolute atomic E-state index is 0. The summed E-state index contributed by atoms with van der Waals surface area (Å²) in [5.74, 6) is 0.131. The molecule has 0 saturated heterocycles. The maximum absolute atomic E-state index is 11.3. The summed E-state index contributed by atoms with van der Waals surface area (Å²) in [6.45, 7) is 7.78. The Morgan fingerprint density at radius 3 is 1.57 bits per heavy atom. The van der Waals surface area contributed by atoms with Crippen molar-refractivity contribution in [2.24, 2.45) is 0 Å². The second kappa shape index (κ2) is 23.6. The Morgan fingerprint density at radius 1 is 0.857 bits per heavy atom. The molecule has 1 atom stereocenters. The molecule has 0 aromatic heterocycles. The topological polar surface area (TPSA) is 104 Å². The van der Waals surface area contributed by atoms with E-state index in [1.54, 1.807) is 6.92 Å². The van der Waals surface area contributed by atoms with E-state index in [1.165, 1.54) is 77.0 Å². The smallest absolute Gasteiger partial charge is 0.354 e. The minimum atomic E-state index is -4.67. The second-order valence-electron chi connectivity index (χ2n) is 7.17. The molecule has 0 heterocycles. The van der Waals surface area contributed by atoms with Crippen LogP contribution in [0.5, 0.6) is 0 Å². The standard InChI is InChI=1S/C20H40NO.Na.H2O4S/c1-4-6-8-10-12-14-16-18-20(21-19(3)22)17-15-13-11-9-7-5-2;;1-5(2,3)4/h20H,1,4-18H2,2-3H3,(H,21,22);;(H2,1,2,3,4)/q-1;+1;. The Balaban J connectivity index is -0.000000918. The number of amides is 1. The maximum Gasteiger partial charge on any atom is 1.00 e. The predicted molar refractivity (Wildman–Crippen MR) is 112 cm³/mol. The zero-order valence-electron chi connectivity index (χ0n) is 18.4. The molecule has 0 bridgehead atoms. The van der Waals surface area contributed by atoms with Crippen LogP contribution in [-0.4, -0.2) is 29.5 Å². The average molecular weight is 432 g/mol. The van der Waals surface area contributed by atoms with E-state index >= 15 is 0 Å². The third-order valence-corrected chi connectivity index (χ3v) is 4.37. The van der Waals surface area contributed by atoms with E-state index in [0.717, 1.165) is 19.3 Å². The largest absolute Gasteiger partial charge is 1.00 e. The number of carbonyl (C=O) groups is 1. The summed E-state index contributed by atoms with van der Waals surface area (Å²) in [6, 6.07) is 0.406. The molecule has 6 nitrogen and oxygen atoms in total. The van der Waals surface area contributed by atoms with Crippen molar-refractivity contribution in [1.82, 2.24) is 5.32 Å². The fourth-order valence-corrected chi connectivity index (χ4v) is 3.02. The van der Waals surface area contributed by atoms with Crippen LogP contribution >= 0.6 is 0 Å². The Kier molecular flexibility index (Phi) is 27.8. The fourth-order valence-electron chi connectivity index (χ4n) is 3.02. The SMILES string of the molecule is O=S(=O)(O)O.[CH2-]CCCCCCCCC(CCCCCCCC)NC(C)=O.[Na+]. The van der Waals surface area contributed by atoms with Gasteiger partial charge in [-0.3, -0.25) is 13.9 Å². The van der Waals surface area contributed by atoms with Crippen molar-refractivity contribution in [2.75, 3.05) is 0 Å². The molecule has 0 fully saturated rings. The average Bonchev–Trinajstić information content (AvgIpc) is 2.55. The summed E-state index contributed by atoms with van der Waals surface area (Å²) >= 11 is 0. The summed E-state index contributed by atoms with van der Waals surface area (Å²) in [5, 5.41) is 3.15. The van der Waals surface area contributed by atoms with Crippen LogP contribution in [0.2, 0.25) is 0 Å². The van der Waals surface area contributed by atoms with Crippen molar-refractivity contribution in [3.63, 3.8) is 0 Å². The quantitative estimate of drug-likeness (QED) is 0.151. The Labute approximate surface area is 195 Å². The van der Waals surface area contributed by atoms with Crippen LogP contribution in [0.4, 0.5) is 0 Å². The second-order valence-corrected chi connectivity index (χ2v) is 8.06. The van der Waals surface area contributed by atoms with Gasteiger partial charge in [0.25, 0.3) is 0 Å². The van der Waals surface area contributed by atoms with Crippen LogP contribution in [0.3, 0.4) is 0 Å². The van der Waals surface area contributed by atoms with Crippen LogP contribution in [0, 0.1) is 6.92 Å². The Morgan fingerprint density at radius 2 is 1.21 bits per heavy atom. The molecule has 8 heteroatoms. The molecule has 0 spiro atoms. The van der Waals surface area contributed by atoms with E-state index in [4.69, 9.17) is 17.5 Å². The Hall–Kier alpha value is 0.340. The summed E-state index contributed by atoms with van der Waals surface area (Å²) in [5.41, 5.74) is 0. The van der Waals surface area contributed by atoms with E-state index in [-0.39, 0.29) is 35.5 Å². The number of hydrogen-bond acceptors (Lipinski definition) is 3. The molecule has 0 aliphatic rings. The van der Waals surface area contributed by atoms with E-state index in [2.05, 4.69) is 19.2 Å². The van der Waals surface area contributed by atoms with Crippen LogP contribution in [-0.2, 0) is 15.2 Å². The van der Waals surface area contributed by atoms with Gasteiger partial charge in [0.05, 0.1) is 0 Å². The molecule has 3 N–H and O–H groups in total. The van der Waals surface area contributed by atoms with Crippen LogP contribution in [0.15, 0.2) is 0 Å². The number of nitrogens with one attached hydrogen (secondary N) is 1. The first-order valence-electron chi connectivity index (χ1n) is 10.5. The monoisotopic (exact) mass is 431 g/mol.